The van der Waals surface area contributed by atoms with E-state index in [9.17, 15) is 4.79 Å². The molecule has 0 aliphatic heterocycles. The molecular weight excluding hydrogens is 290 g/mol. The van der Waals surface area contributed by atoms with E-state index in [0.29, 0.717) is 13.0 Å². The summed E-state index contributed by atoms with van der Waals surface area (Å²) in [5.41, 5.74) is 1.01. The number of carbonyl (C=O) groups excluding carboxylic acids is 1. The van der Waals surface area contributed by atoms with Crippen LogP contribution in [0.4, 0.5) is 0 Å². The Kier molecular flexibility index (Phi) is 7.40. The van der Waals surface area contributed by atoms with Crippen LogP contribution in [0.25, 0.3) is 0 Å². The molecule has 4 heteroatoms. The molecule has 1 aliphatic rings. The first-order chi connectivity index (χ1) is 11.2. The predicted molar refractivity (Wildman–Crippen MR) is 91.6 cm³/mol. The van der Waals surface area contributed by atoms with Crippen molar-refractivity contribution in [1.82, 2.24) is 5.32 Å². The summed E-state index contributed by atoms with van der Waals surface area (Å²) in [4.78, 5) is 12.1. The number of hydrogen-bond donors (Lipinski definition) is 1. The number of hydrogen-bond acceptors (Lipinski definition) is 3. The van der Waals surface area contributed by atoms with E-state index in [2.05, 4.69) is 5.32 Å². The van der Waals surface area contributed by atoms with E-state index in [-0.39, 0.29) is 12.0 Å². The molecule has 4 nitrogen and oxygen atoms in total. The molecule has 0 radical (unpaired) electrons. The van der Waals surface area contributed by atoms with E-state index in [1.807, 2.05) is 24.3 Å². The van der Waals surface area contributed by atoms with Crippen molar-refractivity contribution in [2.75, 3.05) is 20.8 Å². The molecule has 2 rings (SSSR count). The summed E-state index contributed by atoms with van der Waals surface area (Å²) in [6.07, 6.45) is 8.08. The van der Waals surface area contributed by atoms with Gasteiger partial charge < -0.3 is 14.8 Å². The minimum absolute atomic E-state index is 0.125. The van der Waals surface area contributed by atoms with Gasteiger partial charge in [0, 0.05) is 20.1 Å². The SMILES string of the molecule is COc1cccc(C(CNC(=O)CCC2CCCCC2)OC)c1. The van der Waals surface area contributed by atoms with E-state index in [4.69, 9.17) is 9.47 Å². The third-order valence-electron chi connectivity index (χ3n) is 4.74. The molecule has 1 aliphatic carbocycles. The van der Waals surface area contributed by atoms with Gasteiger partial charge in [-0.1, -0.05) is 44.2 Å². The molecule has 23 heavy (non-hydrogen) atoms. The maximum absolute atomic E-state index is 12.1. The number of rotatable bonds is 8. The van der Waals surface area contributed by atoms with Gasteiger partial charge in [0.2, 0.25) is 5.91 Å². The van der Waals surface area contributed by atoms with Gasteiger partial charge >= 0.3 is 0 Å². The second kappa shape index (κ2) is 9.56. The number of ether oxygens (including phenoxy) is 2. The van der Waals surface area contributed by atoms with Crippen LogP contribution in [-0.4, -0.2) is 26.7 Å². The van der Waals surface area contributed by atoms with Crippen molar-refractivity contribution in [1.29, 1.82) is 0 Å². The van der Waals surface area contributed by atoms with Crippen molar-refractivity contribution in [2.45, 2.75) is 51.0 Å². The summed E-state index contributed by atoms with van der Waals surface area (Å²) in [5, 5.41) is 3.00. The molecule has 1 saturated carbocycles. The van der Waals surface area contributed by atoms with E-state index < -0.39 is 0 Å². The highest BCUT2D eigenvalue weighted by atomic mass is 16.5. The molecule has 0 spiro atoms. The number of nitrogens with one attached hydrogen (secondary N) is 1. The van der Waals surface area contributed by atoms with E-state index in [1.54, 1.807) is 14.2 Å². The highest BCUT2D eigenvalue weighted by Gasteiger charge is 2.16. The molecule has 0 aromatic heterocycles. The molecule has 1 amide bonds. The van der Waals surface area contributed by atoms with Crippen molar-refractivity contribution in [2.24, 2.45) is 5.92 Å². The van der Waals surface area contributed by atoms with Crippen molar-refractivity contribution < 1.29 is 14.3 Å². The van der Waals surface area contributed by atoms with Crippen molar-refractivity contribution in [3.05, 3.63) is 29.8 Å². The largest absolute Gasteiger partial charge is 0.497 e. The lowest BCUT2D eigenvalue weighted by Crippen LogP contribution is -2.29. The summed E-state index contributed by atoms with van der Waals surface area (Å²) < 4.78 is 10.7. The van der Waals surface area contributed by atoms with Crippen molar-refractivity contribution >= 4 is 5.91 Å². The number of carbonyl (C=O) groups is 1. The molecule has 128 valence electrons. The minimum atomic E-state index is -0.149. The lowest BCUT2D eigenvalue weighted by atomic mass is 9.86. The van der Waals surface area contributed by atoms with Gasteiger partial charge in [0.15, 0.2) is 0 Å². The zero-order chi connectivity index (χ0) is 16.5. The Morgan fingerprint density at radius 3 is 2.74 bits per heavy atom. The van der Waals surface area contributed by atoms with Crippen LogP contribution in [0.2, 0.25) is 0 Å². The van der Waals surface area contributed by atoms with E-state index in [0.717, 1.165) is 23.7 Å². The van der Waals surface area contributed by atoms with Crippen LogP contribution in [0.5, 0.6) is 5.75 Å². The predicted octanol–water partition coefficient (Wildman–Crippen LogP) is 3.86. The monoisotopic (exact) mass is 319 g/mol. The zero-order valence-electron chi connectivity index (χ0n) is 14.3. The topological polar surface area (TPSA) is 47.6 Å². The summed E-state index contributed by atoms with van der Waals surface area (Å²) in [6, 6.07) is 7.78. The highest BCUT2D eigenvalue weighted by molar-refractivity contribution is 5.75. The van der Waals surface area contributed by atoms with Crippen LogP contribution in [0.3, 0.4) is 0 Å². The fraction of sp³-hybridized carbons (Fsp3) is 0.632. The van der Waals surface area contributed by atoms with Crippen LogP contribution in [0.1, 0.15) is 56.6 Å². The maximum atomic E-state index is 12.1. The summed E-state index contributed by atoms with van der Waals surface area (Å²) in [7, 11) is 3.31. The molecule has 0 heterocycles. The first-order valence-electron chi connectivity index (χ1n) is 8.66. The maximum Gasteiger partial charge on any atom is 0.220 e. The molecule has 0 saturated heterocycles. The Labute approximate surface area is 139 Å². The molecule has 1 fully saturated rings. The average molecular weight is 319 g/mol. The second-order valence-electron chi connectivity index (χ2n) is 6.35. The quantitative estimate of drug-likeness (QED) is 0.791. The summed E-state index contributed by atoms with van der Waals surface area (Å²) in [6.45, 7) is 0.493. The second-order valence-corrected chi connectivity index (χ2v) is 6.35. The third kappa shape index (κ3) is 5.87. The van der Waals surface area contributed by atoms with E-state index >= 15 is 0 Å². The smallest absolute Gasteiger partial charge is 0.220 e. The van der Waals surface area contributed by atoms with Gasteiger partial charge in [0.05, 0.1) is 13.2 Å². The van der Waals surface area contributed by atoms with Gasteiger partial charge in [0.25, 0.3) is 0 Å². The highest BCUT2D eigenvalue weighted by Crippen LogP contribution is 2.27. The third-order valence-corrected chi connectivity index (χ3v) is 4.74. The average Bonchev–Trinajstić information content (AvgIpc) is 2.61. The fourth-order valence-corrected chi connectivity index (χ4v) is 3.29. The van der Waals surface area contributed by atoms with E-state index in [1.165, 1.54) is 32.1 Å². The number of benzene rings is 1. The molecule has 1 aromatic rings. The first kappa shape index (κ1) is 17.8. The minimum Gasteiger partial charge on any atom is -0.497 e. The standard InChI is InChI=1S/C19H29NO3/c1-22-17-10-6-9-16(13-17)18(23-2)14-20-19(21)12-11-15-7-4-3-5-8-15/h6,9-10,13,15,18H,3-5,7-8,11-12,14H2,1-2H3,(H,20,21). The number of methoxy groups -OCH3 is 2. The van der Waals surface area contributed by atoms with Crippen molar-refractivity contribution in [3.8, 4) is 5.75 Å². The van der Waals surface area contributed by atoms with Gasteiger partial charge in [-0.15, -0.1) is 0 Å². The Morgan fingerprint density at radius 2 is 2.04 bits per heavy atom. The molecule has 1 N–H and O–H groups in total. The lowest BCUT2D eigenvalue weighted by Gasteiger charge is -2.21. The van der Waals surface area contributed by atoms with Gasteiger partial charge in [-0.25, -0.2) is 0 Å². The summed E-state index contributed by atoms with van der Waals surface area (Å²) in [5.74, 6) is 1.67. The lowest BCUT2D eigenvalue weighted by molar-refractivity contribution is -0.122. The Bertz CT molecular complexity index is 483. The molecule has 1 unspecified atom stereocenters. The van der Waals surface area contributed by atoms with Crippen LogP contribution in [0.15, 0.2) is 24.3 Å². The zero-order valence-corrected chi connectivity index (χ0v) is 14.3. The molecule has 0 bridgehead atoms. The van der Waals surface area contributed by atoms with Crippen LogP contribution in [0, 0.1) is 5.92 Å². The normalized spacial score (nSPS) is 16.8. The fourth-order valence-electron chi connectivity index (χ4n) is 3.29. The van der Waals surface area contributed by atoms with Crippen LogP contribution >= 0.6 is 0 Å². The Morgan fingerprint density at radius 1 is 1.26 bits per heavy atom. The van der Waals surface area contributed by atoms with Gasteiger partial charge in [-0.2, -0.15) is 0 Å². The molecule has 1 aromatic carbocycles. The Balaban J connectivity index is 1.76. The summed E-state index contributed by atoms with van der Waals surface area (Å²) >= 11 is 0. The van der Waals surface area contributed by atoms with Crippen molar-refractivity contribution in [3.63, 3.8) is 0 Å². The van der Waals surface area contributed by atoms with Crippen LogP contribution < -0.4 is 10.1 Å². The van der Waals surface area contributed by atoms with Crippen LogP contribution in [-0.2, 0) is 9.53 Å². The Hall–Kier alpha value is -1.55. The van der Waals surface area contributed by atoms with Gasteiger partial charge in [-0.3, -0.25) is 4.79 Å². The molecule has 1 atom stereocenters. The first-order valence-corrected chi connectivity index (χ1v) is 8.66. The van der Waals surface area contributed by atoms with Gasteiger partial charge in [-0.05, 0) is 30.0 Å². The van der Waals surface area contributed by atoms with Gasteiger partial charge in [0.1, 0.15) is 5.75 Å². The number of amides is 1. The molecular formula is C19H29NO3.